The number of pyridine rings is 2. The predicted molar refractivity (Wildman–Crippen MR) is 112 cm³/mol. The standard InChI is InChI=1S/C22H23F3N6/c1-30-9-4-21(14-30)5-10-31(11-6-21)20-16-12-18(22(23,24)25)27-13-17(16)28-19(29-20)15-2-7-26-8-3-15/h2-3,7-8,12-13H,4-6,9-11,14H2,1H3. The average molecular weight is 428 g/mol. The summed E-state index contributed by atoms with van der Waals surface area (Å²) in [5.74, 6) is 1.01. The van der Waals surface area contributed by atoms with Gasteiger partial charge in [0.05, 0.1) is 11.7 Å². The number of halogens is 3. The number of piperidine rings is 1. The van der Waals surface area contributed by atoms with E-state index in [1.54, 1.807) is 24.5 Å². The normalized spacial score (nSPS) is 19.4. The second-order valence-electron chi connectivity index (χ2n) is 8.67. The number of anilines is 1. The predicted octanol–water partition coefficient (Wildman–Crippen LogP) is 4.03. The van der Waals surface area contributed by atoms with Crippen molar-refractivity contribution in [3.05, 3.63) is 42.5 Å². The van der Waals surface area contributed by atoms with E-state index < -0.39 is 11.9 Å². The molecule has 0 bridgehead atoms. The van der Waals surface area contributed by atoms with Crippen molar-refractivity contribution < 1.29 is 13.2 Å². The first-order valence-electron chi connectivity index (χ1n) is 10.4. The zero-order chi connectivity index (χ0) is 21.6. The topological polar surface area (TPSA) is 58.0 Å². The van der Waals surface area contributed by atoms with Crippen LogP contribution in [-0.4, -0.2) is 58.1 Å². The van der Waals surface area contributed by atoms with Crippen LogP contribution in [0.4, 0.5) is 19.0 Å². The zero-order valence-corrected chi connectivity index (χ0v) is 17.2. The molecule has 0 radical (unpaired) electrons. The summed E-state index contributed by atoms with van der Waals surface area (Å²) >= 11 is 0. The van der Waals surface area contributed by atoms with Crippen molar-refractivity contribution in [2.24, 2.45) is 5.41 Å². The van der Waals surface area contributed by atoms with Crippen LogP contribution >= 0.6 is 0 Å². The molecule has 1 spiro atoms. The fourth-order valence-corrected chi connectivity index (χ4v) is 4.80. The molecule has 3 aromatic rings. The van der Waals surface area contributed by atoms with Crippen molar-refractivity contribution in [3.63, 3.8) is 0 Å². The van der Waals surface area contributed by atoms with Crippen LogP contribution in [0.2, 0.25) is 0 Å². The van der Waals surface area contributed by atoms with Crippen molar-refractivity contribution in [2.45, 2.75) is 25.4 Å². The van der Waals surface area contributed by atoms with E-state index in [2.05, 4.69) is 31.8 Å². The smallest absolute Gasteiger partial charge is 0.356 e. The molecule has 0 aliphatic carbocycles. The molecule has 9 heteroatoms. The number of hydrogen-bond acceptors (Lipinski definition) is 6. The minimum absolute atomic E-state index is 0.306. The van der Waals surface area contributed by atoms with Gasteiger partial charge in [0.15, 0.2) is 5.82 Å². The first-order chi connectivity index (χ1) is 14.8. The Kier molecular flexibility index (Phi) is 4.80. The summed E-state index contributed by atoms with van der Waals surface area (Å²) in [6.07, 6.45) is 3.16. The van der Waals surface area contributed by atoms with E-state index in [1.165, 1.54) is 12.6 Å². The Morgan fingerprint density at radius 3 is 2.35 bits per heavy atom. The van der Waals surface area contributed by atoms with Crippen molar-refractivity contribution in [1.82, 2.24) is 24.8 Å². The van der Waals surface area contributed by atoms with E-state index in [4.69, 9.17) is 4.98 Å². The summed E-state index contributed by atoms with van der Waals surface area (Å²) < 4.78 is 40.0. The second kappa shape index (κ2) is 7.40. The van der Waals surface area contributed by atoms with E-state index in [0.29, 0.717) is 28.0 Å². The van der Waals surface area contributed by atoms with Crippen LogP contribution in [0.3, 0.4) is 0 Å². The van der Waals surface area contributed by atoms with Gasteiger partial charge in [-0.2, -0.15) is 13.2 Å². The number of nitrogens with zero attached hydrogens (tertiary/aromatic N) is 6. The summed E-state index contributed by atoms with van der Waals surface area (Å²) in [6.45, 7) is 3.71. The number of alkyl halides is 3. The van der Waals surface area contributed by atoms with Crippen molar-refractivity contribution in [2.75, 3.05) is 38.1 Å². The van der Waals surface area contributed by atoms with Crippen LogP contribution < -0.4 is 4.90 Å². The van der Waals surface area contributed by atoms with Gasteiger partial charge >= 0.3 is 6.18 Å². The Bertz CT molecular complexity index is 1090. The minimum atomic E-state index is -4.52. The molecule has 0 N–H and O–H groups in total. The molecule has 6 nitrogen and oxygen atoms in total. The van der Waals surface area contributed by atoms with Crippen LogP contribution in [-0.2, 0) is 6.18 Å². The fraction of sp³-hybridized carbons (Fsp3) is 0.455. The molecule has 5 heterocycles. The largest absolute Gasteiger partial charge is 0.433 e. The Labute approximate surface area is 178 Å². The van der Waals surface area contributed by atoms with Gasteiger partial charge in [-0.25, -0.2) is 15.0 Å². The van der Waals surface area contributed by atoms with Gasteiger partial charge in [0, 0.05) is 43.0 Å². The van der Waals surface area contributed by atoms with Gasteiger partial charge in [0.2, 0.25) is 0 Å². The van der Waals surface area contributed by atoms with E-state index in [-0.39, 0.29) is 0 Å². The molecule has 2 saturated heterocycles. The van der Waals surface area contributed by atoms with Crippen LogP contribution in [0, 0.1) is 5.41 Å². The molecule has 31 heavy (non-hydrogen) atoms. The maximum atomic E-state index is 13.3. The quantitative estimate of drug-likeness (QED) is 0.614. The molecule has 5 rings (SSSR count). The Balaban J connectivity index is 1.57. The van der Waals surface area contributed by atoms with Crippen LogP contribution in [0.5, 0.6) is 0 Å². The number of rotatable bonds is 2. The fourth-order valence-electron chi connectivity index (χ4n) is 4.80. The van der Waals surface area contributed by atoms with Crippen LogP contribution in [0.1, 0.15) is 25.0 Å². The maximum absolute atomic E-state index is 13.3. The van der Waals surface area contributed by atoms with E-state index in [9.17, 15) is 13.2 Å². The molecule has 2 aliphatic rings. The Hall–Kier alpha value is -2.81. The van der Waals surface area contributed by atoms with Gasteiger partial charge in [-0.05, 0) is 56.5 Å². The molecule has 0 atom stereocenters. The summed E-state index contributed by atoms with van der Waals surface area (Å²) in [5, 5.41) is 0.389. The molecule has 0 saturated carbocycles. The number of hydrogen-bond donors (Lipinski definition) is 0. The molecule has 0 unspecified atom stereocenters. The Morgan fingerprint density at radius 1 is 1.00 bits per heavy atom. The monoisotopic (exact) mass is 428 g/mol. The lowest BCUT2D eigenvalue weighted by atomic mass is 9.78. The van der Waals surface area contributed by atoms with Crippen molar-refractivity contribution in [1.29, 1.82) is 0 Å². The second-order valence-corrected chi connectivity index (χ2v) is 8.67. The van der Waals surface area contributed by atoms with Gasteiger partial charge in [-0.15, -0.1) is 0 Å². The third kappa shape index (κ3) is 3.82. The molecule has 0 amide bonds. The van der Waals surface area contributed by atoms with Gasteiger partial charge in [-0.3, -0.25) is 4.98 Å². The van der Waals surface area contributed by atoms with Gasteiger partial charge in [0.25, 0.3) is 0 Å². The lowest BCUT2D eigenvalue weighted by molar-refractivity contribution is -0.141. The highest BCUT2D eigenvalue weighted by atomic mass is 19.4. The molecule has 0 aromatic carbocycles. The first-order valence-corrected chi connectivity index (χ1v) is 10.4. The van der Waals surface area contributed by atoms with Gasteiger partial charge in [0.1, 0.15) is 11.5 Å². The highest BCUT2D eigenvalue weighted by molar-refractivity contribution is 5.91. The lowest BCUT2D eigenvalue weighted by Gasteiger charge is -2.40. The number of aromatic nitrogens is 4. The third-order valence-electron chi connectivity index (χ3n) is 6.54. The van der Waals surface area contributed by atoms with Crippen LogP contribution in [0.15, 0.2) is 36.8 Å². The van der Waals surface area contributed by atoms with Gasteiger partial charge in [-0.1, -0.05) is 0 Å². The minimum Gasteiger partial charge on any atom is -0.356 e. The van der Waals surface area contributed by atoms with E-state index in [1.807, 2.05) is 0 Å². The third-order valence-corrected chi connectivity index (χ3v) is 6.54. The number of fused-ring (bicyclic) bond motifs is 1. The zero-order valence-electron chi connectivity index (χ0n) is 17.2. The van der Waals surface area contributed by atoms with Crippen LogP contribution in [0.25, 0.3) is 22.3 Å². The SMILES string of the molecule is CN1CCC2(CCN(c3nc(-c4ccncc4)nc4cnc(C(F)(F)F)cc34)CC2)C1. The molecule has 2 aliphatic heterocycles. The van der Waals surface area contributed by atoms with Gasteiger partial charge < -0.3 is 9.80 Å². The molecular weight excluding hydrogens is 405 g/mol. The highest BCUT2D eigenvalue weighted by Gasteiger charge is 2.40. The lowest BCUT2D eigenvalue weighted by Crippen LogP contribution is -2.41. The molecule has 162 valence electrons. The van der Waals surface area contributed by atoms with Crippen molar-refractivity contribution >= 4 is 16.7 Å². The molecular formula is C22H23F3N6. The molecule has 3 aromatic heterocycles. The summed E-state index contributed by atoms with van der Waals surface area (Å²) in [6, 6.07) is 4.67. The maximum Gasteiger partial charge on any atom is 0.433 e. The molecule has 2 fully saturated rings. The Morgan fingerprint density at radius 2 is 1.71 bits per heavy atom. The van der Waals surface area contributed by atoms with Crippen molar-refractivity contribution in [3.8, 4) is 11.4 Å². The first kappa shape index (κ1) is 20.1. The highest BCUT2D eigenvalue weighted by Crippen LogP contribution is 2.42. The van der Waals surface area contributed by atoms with E-state index >= 15 is 0 Å². The summed E-state index contributed by atoms with van der Waals surface area (Å²) in [7, 11) is 2.14. The summed E-state index contributed by atoms with van der Waals surface area (Å²) in [4.78, 5) is 21.3. The number of likely N-dealkylation sites (tertiary alicyclic amines) is 1. The summed E-state index contributed by atoms with van der Waals surface area (Å²) in [5.41, 5.74) is 0.558. The average Bonchev–Trinajstić information content (AvgIpc) is 3.13. The van der Waals surface area contributed by atoms with E-state index in [0.717, 1.165) is 50.7 Å².